The molecule has 1 saturated carbocycles. The number of benzene rings is 1. The van der Waals surface area contributed by atoms with Crippen molar-refractivity contribution in [1.29, 1.82) is 0 Å². The lowest BCUT2D eigenvalue weighted by atomic mass is 9.78. The monoisotopic (exact) mass is 330 g/mol. The summed E-state index contributed by atoms with van der Waals surface area (Å²) in [5.74, 6) is 1.08. The van der Waals surface area contributed by atoms with Gasteiger partial charge in [-0.3, -0.25) is 9.69 Å². The van der Waals surface area contributed by atoms with Crippen LogP contribution in [0.3, 0.4) is 0 Å². The summed E-state index contributed by atoms with van der Waals surface area (Å²) in [7, 11) is 0. The maximum atomic E-state index is 13.0. The zero-order valence-corrected chi connectivity index (χ0v) is 14.6. The van der Waals surface area contributed by atoms with Gasteiger partial charge in [-0.2, -0.15) is 0 Å². The lowest BCUT2D eigenvalue weighted by molar-refractivity contribution is -0.137. The molecule has 1 heterocycles. The number of piperidine rings is 1. The number of carbonyl (C=O) groups excluding carboxylic acids is 1. The first-order valence-electron chi connectivity index (χ1n) is 9.52. The van der Waals surface area contributed by atoms with Crippen molar-refractivity contribution in [2.45, 2.75) is 56.9 Å². The number of carbonyl (C=O) groups is 1. The minimum absolute atomic E-state index is 0.223. The van der Waals surface area contributed by atoms with E-state index in [1.165, 1.54) is 38.5 Å². The highest BCUT2D eigenvalue weighted by Gasteiger charge is 2.44. The van der Waals surface area contributed by atoms with Crippen LogP contribution in [0.2, 0.25) is 0 Å². The van der Waals surface area contributed by atoms with Crippen molar-refractivity contribution in [1.82, 2.24) is 10.2 Å². The molecule has 24 heavy (non-hydrogen) atoms. The van der Waals surface area contributed by atoms with Crippen LogP contribution < -0.4 is 10.1 Å². The maximum Gasteiger partial charge on any atom is 0.240 e. The van der Waals surface area contributed by atoms with E-state index in [-0.39, 0.29) is 11.4 Å². The van der Waals surface area contributed by atoms with Gasteiger partial charge in [-0.15, -0.1) is 0 Å². The number of nitrogens with one attached hydrogen (secondary N) is 1. The first-order chi connectivity index (χ1) is 11.8. The first kappa shape index (κ1) is 17.3. The molecule has 0 aromatic heterocycles. The molecule has 1 aliphatic carbocycles. The molecule has 4 nitrogen and oxygen atoms in total. The van der Waals surface area contributed by atoms with Gasteiger partial charge >= 0.3 is 0 Å². The Labute approximate surface area is 145 Å². The molecule has 0 unspecified atom stereocenters. The van der Waals surface area contributed by atoms with Crippen LogP contribution in [-0.4, -0.2) is 42.6 Å². The van der Waals surface area contributed by atoms with Gasteiger partial charge in [0.05, 0.1) is 6.54 Å². The second kappa shape index (κ2) is 8.52. The standard InChI is InChI=1S/C20H30N2O2/c23-19(21-14-17-24-18-10-4-1-5-11-18)20(12-6-2-7-13-20)22-15-8-3-9-16-22/h1,4-5,10-11H,2-3,6-9,12-17H2,(H,21,23). The van der Waals surface area contributed by atoms with Gasteiger partial charge in [-0.1, -0.05) is 43.9 Å². The van der Waals surface area contributed by atoms with Gasteiger partial charge in [0.15, 0.2) is 0 Å². The molecule has 2 aliphatic rings. The Balaban J connectivity index is 1.53. The number of likely N-dealkylation sites (tertiary alicyclic amines) is 1. The zero-order valence-electron chi connectivity index (χ0n) is 14.6. The van der Waals surface area contributed by atoms with E-state index in [1.54, 1.807) is 0 Å². The summed E-state index contributed by atoms with van der Waals surface area (Å²) >= 11 is 0. The third-order valence-electron chi connectivity index (χ3n) is 5.46. The van der Waals surface area contributed by atoms with Crippen molar-refractivity contribution in [3.8, 4) is 5.75 Å². The summed E-state index contributed by atoms with van der Waals surface area (Å²) in [6, 6.07) is 9.78. The Morgan fingerprint density at radius 1 is 1.00 bits per heavy atom. The highest BCUT2D eigenvalue weighted by Crippen LogP contribution is 2.35. The van der Waals surface area contributed by atoms with Gasteiger partial charge in [-0.25, -0.2) is 0 Å². The van der Waals surface area contributed by atoms with Gasteiger partial charge in [0.2, 0.25) is 5.91 Å². The van der Waals surface area contributed by atoms with E-state index in [9.17, 15) is 4.79 Å². The molecule has 1 N–H and O–H groups in total. The summed E-state index contributed by atoms with van der Waals surface area (Å²) in [5, 5.41) is 3.16. The summed E-state index contributed by atoms with van der Waals surface area (Å²) in [6.07, 6.45) is 9.39. The van der Waals surface area contributed by atoms with Crippen LogP contribution in [0.15, 0.2) is 30.3 Å². The molecule has 2 fully saturated rings. The third kappa shape index (κ3) is 4.10. The molecular formula is C20H30N2O2. The van der Waals surface area contributed by atoms with E-state index in [0.29, 0.717) is 13.2 Å². The van der Waals surface area contributed by atoms with Crippen molar-refractivity contribution in [2.24, 2.45) is 0 Å². The molecule has 0 radical (unpaired) electrons. The van der Waals surface area contributed by atoms with Crippen LogP contribution in [0, 0.1) is 0 Å². The van der Waals surface area contributed by atoms with Gasteiger partial charge < -0.3 is 10.1 Å². The molecule has 3 rings (SSSR count). The number of para-hydroxylation sites is 1. The van der Waals surface area contributed by atoms with Gasteiger partial charge in [-0.05, 0) is 50.9 Å². The molecular weight excluding hydrogens is 300 g/mol. The van der Waals surface area contributed by atoms with E-state index < -0.39 is 0 Å². The molecule has 1 saturated heterocycles. The van der Waals surface area contributed by atoms with Crippen molar-refractivity contribution in [2.75, 3.05) is 26.2 Å². The average Bonchev–Trinajstić information content (AvgIpc) is 2.67. The van der Waals surface area contributed by atoms with Gasteiger partial charge in [0, 0.05) is 0 Å². The number of hydrogen-bond acceptors (Lipinski definition) is 3. The largest absolute Gasteiger partial charge is 0.492 e. The van der Waals surface area contributed by atoms with Crippen LogP contribution in [-0.2, 0) is 4.79 Å². The smallest absolute Gasteiger partial charge is 0.240 e. The normalized spacial score (nSPS) is 21.2. The number of hydrogen-bond donors (Lipinski definition) is 1. The van der Waals surface area contributed by atoms with E-state index in [0.717, 1.165) is 31.7 Å². The van der Waals surface area contributed by atoms with Crippen LogP contribution in [0.4, 0.5) is 0 Å². The SMILES string of the molecule is O=C(NCCOc1ccccc1)C1(N2CCCCC2)CCCCC1. The molecule has 0 atom stereocenters. The minimum Gasteiger partial charge on any atom is -0.492 e. The molecule has 1 aliphatic heterocycles. The lowest BCUT2D eigenvalue weighted by Crippen LogP contribution is -2.61. The number of rotatable bonds is 6. The zero-order chi connectivity index (χ0) is 16.7. The predicted octanol–water partition coefficient (Wildman–Crippen LogP) is 3.37. The van der Waals surface area contributed by atoms with Crippen LogP contribution in [0.25, 0.3) is 0 Å². The predicted molar refractivity (Wildman–Crippen MR) is 96.2 cm³/mol. The van der Waals surface area contributed by atoms with E-state index in [4.69, 9.17) is 4.74 Å². The summed E-state index contributed by atoms with van der Waals surface area (Å²) < 4.78 is 5.69. The Bertz CT molecular complexity index is 506. The second-order valence-corrected chi connectivity index (χ2v) is 7.06. The van der Waals surface area contributed by atoms with Gasteiger partial charge in [0.1, 0.15) is 17.9 Å². The molecule has 0 spiro atoms. The van der Waals surface area contributed by atoms with E-state index >= 15 is 0 Å². The molecule has 0 bridgehead atoms. The summed E-state index contributed by atoms with van der Waals surface area (Å²) in [4.78, 5) is 15.5. The lowest BCUT2D eigenvalue weighted by Gasteiger charge is -2.46. The quantitative estimate of drug-likeness (QED) is 0.813. The molecule has 1 aromatic rings. The van der Waals surface area contributed by atoms with Crippen LogP contribution in [0.1, 0.15) is 51.4 Å². The Morgan fingerprint density at radius 3 is 2.38 bits per heavy atom. The summed E-state index contributed by atoms with van der Waals surface area (Å²) in [5.41, 5.74) is -0.259. The van der Waals surface area contributed by atoms with Crippen molar-refractivity contribution in [3.63, 3.8) is 0 Å². The topological polar surface area (TPSA) is 41.6 Å². The summed E-state index contributed by atoms with van der Waals surface area (Å²) in [6.45, 7) is 3.25. The van der Waals surface area contributed by atoms with Gasteiger partial charge in [0.25, 0.3) is 0 Å². The van der Waals surface area contributed by atoms with Crippen LogP contribution in [0.5, 0.6) is 5.75 Å². The first-order valence-corrected chi connectivity index (χ1v) is 9.52. The molecule has 132 valence electrons. The fourth-order valence-electron chi connectivity index (χ4n) is 4.16. The van der Waals surface area contributed by atoms with Crippen LogP contribution >= 0.6 is 0 Å². The highest BCUT2D eigenvalue weighted by atomic mass is 16.5. The van der Waals surface area contributed by atoms with E-state index in [1.807, 2.05) is 30.3 Å². The number of ether oxygens (including phenoxy) is 1. The number of nitrogens with zero attached hydrogens (tertiary/aromatic N) is 1. The maximum absolute atomic E-state index is 13.0. The molecule has 1 amide bonds. The molecule has 1 aromatic carbocycles. The number of amides is 1. The van der Waals surface area contributed by atoms with Crippen molar-refractivity contribution in [3.05, 3.63) is 30.3 Å². The molecule has 4 heteroatoms. The Morgan fingerprint density at radius 2 is 1.67 bits per heavy atom. The second-order valence-electron chi connectivity index (χ2n) is 7.06. The fourth-order valence-corrected chi connectivity index (χ4v) is 4.16. The fraction of sp³-hybridized carbons (Fsp3) is 0.650. The van der Waals surface area contributed by atoms with E-state index in [2.05, 4.69) is 10.2 Å². The minimum atomic E-state index is -0.259. The van der Waals surface area contributed by atoms with Crippen molar-refractivity contribution >= 4 is 5.91 Å². The highest BCUT2D eigenvalue weighted by molar-refractivity contribution is 5.86. The Kier molecular flexibility index (Phi) is 6.13. The Hall–Kier alpha value is -1.55. The average molecular weight is 330 g/mol. The van der Waals surface area contributed by atoms with Crippen molar-refractivity contribution < 1.29 is 9.53 Å². The third-order valence-corrected chi connectivity index (χ3v) is 5.46.